The van der Waals surface area contributed by atoms with Gasteiger partial charge in [-0.15, -0.1) is 0 Å². The van der Waals surface area contributed by atoms with Crippen LogP contribution in [0.15, 0.2) is 11.6 Å². The molecular weight excluding hydrogens is 336 g/mol. The molecule has 3 fully saturated rings. The molecule has 0 unspecified atom stereocenters. The van der Waals surface area contributed by atoms with Gasteiger partial charge in [-0.1, -0.05) is 20.8 Å². The summed E-state index contributed by atoms with van der Waals surface area (Å²) in [5, 5.41) is 34.3. The Hall–Kier alpha value is -1.08. The number of hydrogen-bond acceptors (Lipinski definition) is 6. The molecule has 3 N–H and O–H groups in total. The molecule has 0 aromatic rings. The number of aliphatic hydroxyl groups excluding tert-OH is 1. The molecule has 2 aliphatic heterocycles. The molecule has 0 amide bonds. The van der Waals surface area contributed by atoms with Crippen molar-refractivity contribution < 1.29 is 29.6 Å². The van der Waals surface area contributed by atoms with E-state index in [9.17, 15) is 24.9 Å². The largest absolute Gasteiger partial charge is 0.389 e. The molecule has 0 aromatic heterocycles. The van der Waals surface area contributed by atoms with Crippen molar-refractivity contribution in [1.29, 1.82) is 0 Å². The smallest absolute Gasteiger partial charge is 0.186 e. The van der Waals surface area contributed by atoms with Gasteiger partial charge in [0.15, 0.2) is 23.0 Å². The molecule has 26 heavy (non-hydrogen) atoms. The Balaban J connectivity index is 2.13. The van der Waals surface area contributed by atoms with Crippen molar-refractivity contribution in [3.05, 3.63) is 11.6 Å². The van der Waals surface area contributed by atoms with Crippen LogP contribution in [0.5, 0.6) is 0 Å². The molecule has 2 heterocycles. The van der Waals surface area contributed by atoms with Gasteiger partial charge in [-0.2, -0.15) is 0 Å². The summed E-state index contributed by atoms with van der Waals surface area (Å²) in [6, 6.07) is 0. The molecule has 2 aliphatic carbocycles. The summed E-state index contributed by atoms with van der Waals surface area (Å²) in [7, 11) is 0. The lowest BCUT2D eigenvalue weighted by Crippen LogP contribution is -2.78. The van der Waals surface area contributed by atoms with E-state index >= 15 is 0 Å². The number of allylic oxidation sites excluding steroid dienone is 1. The van der Waals surface area contributed by atoms with Crippen molar-refractivity contribution in [3.63, 3.8) is 0 Å². The molecular formula is C20H28O6. The van der Waals surface area contributed by atoms with E-state index in [0.717, 1.165) is 0 Å². The van der Waals surface area contributed by atoms with Gasteiger partial charge >= 0.3 is 0 Å². The molecule has 0 aromatic carbocycles. The third-order valence-electron chi connectivity index (χ3n) is 7.97. The van der Waals surface area contributed by atoms with E-state index in [0.29, 0.717) is 12.0 Å². The average molecular weight is 364 g/mol. The van der Waals surface area contributed by atoms with Gasteiger partial charge in [0.05, 0.1) is 11.5 Å². The Labute approximate surface area is 153 Å². The Kier molecular flexibility index (Phi) is 3.28. The van der Waals surface area contributed by atoms with Crippen LogP contribution in [0.25, 0.3) is 0 Å². The summed E-state index contributed by atoms with van der Waals surface area (Å²) < 4.78 is 6.00. The summed E-state index contributed by atoms with van der Waals surface area (Å²) in [6.07, 6.45) is 0.598. The standard InChI is InChI=1S/C20H28O6/c1-10(2)12-8-13(21)16(4)9-19(25)17(12,5)15(23)20(26-19)14(22)11(3)6-7-18(16,20)24/h8,10-11,14,22,24-25H,6-7,9H2,1-5H3/t11-,14+,16-,17-,18-,19-,20-/m0/s1. The first-order valence-electron chi connectivity index (χ1n) is 9.46. The van der Waals surface area contributed by atoms with Crippen LogP contribution < -0.4 is 0 Å². The molecule has 7 atom stereocenters. The maximum Gasteiger partial charge on any atom is 0.186 e. The first-order chi connectivity index (χ1) is 11.8. The lowest BCUT2D eigenvalue weighted by Gasteiger charge is -2.61. The molecule has 6 heteroatoms. The van der Waals surface area contributed by atoms with E-state index in [-0.39, 0.29) is 30.5 Å². The second-order valence-electron chi connectivity index (χ2n) is 9.52. The van der Waals surface area contributed by atoms with Crippen LogP contribution in [0.4, 0.5) is 0 Å². The van der Waals surface area contributed by atoms with E-state index in [4.69, 9.17) is 4.74 Å². The topological polar surface area (TPSA) is 104 Å². The second-order valence-corrected chi connectivity index (χ2v) is 9.52. The predicted octanol–water partition coefficient (Wildman–Crippen LogP) is 1.12. The molecule has 1 saturated carbocycles. The van der Waals surface area contributed by atoms with Crippen molar-refractivity contribution >= 4 is 11.6 Å². The highest BCUT2D eigenvalue weighted by atomic mass is 16.7. The van der Waals surface area contributed by atoms with Crippen LogP contribution >= 0.6 is 0 Å². The number of Topliss-reactive ketones (excluding diaryl/α,β-unsaturated/α-hetero) is 1. The second kappa shape index (κ2) is 4.66. The normalized spacial score (nSPS) is 55.8. The molecule has 3 bridgehead atoms. The number of fused-ring (bicyclic) bond motifs is 2. The molecule has 144 valence electrons. The number of carbonyl (C=O) groups excluding carboxylic acids is 2. The highest BCUT2D eigenvalue weighted by Crippen LogP contribution is 2.71. The highest BCUT2D eigenvalue weighted by molar-refractivity contribution is 6.08. The van der Waals surface area contributed by atoms with Crippen LogP contribution in [0, 0.1) is 22.7 Å². The number of rotatable bonds is 1. The number of hydrogen-bond donors (Lipinski definition) is 3. The Morgan fingerprint density at radius 1 is 1.23 bits per heavy atom. The van der Waals surface area contributed by atoms with E-state index in [1.165, 1.54) is 6.08 Å². The number of ether oxygens (including phenoxy) is 1. The fourth-order valence-electron chi connectivity index (χ4n) is 6.22. The van der Waals surface area contributed by atoms with Crippen LogP contribution in [-0.4, -0.2) is 50.0 Å². The molecule has 4 rings (SSSR count). The van der Waals surface area contributed by atoms with Gasteiger partial charge in [-0.25, -0.2) is 0 Å². The van der Waals surface area contributed by atoms with Gasteiger partial charge in [0.2, 0.25) is 0 Å². The van der Waals surface area contributed by atoms with Crippen molar-refractivity contribution in [1.82, 2.24) is 0 Å². The van der Waals surface area contributed by atoms with Crippen LogP contribution in [0.2, 0.25) is 0 Å². The molecule has 1 spiro atoms. The number of ketones is 2. The Bertz CT molecular complexity index is 757. The van der Waals surface area contributed by atoms with Gasteiger partial charge in [0.25, 0.3) is 0 Å². The first-order valence-corrected chi connectivity index (χ1v) is 9.46. The van der Waals surface area contributed by atoms with E-state index < -0.39 is 39.7 Å². The number of aliphatic hydroxyl groups is 3. The molecule has 6 nitrogen and oxygen atoms in total. The summed E-state index contributed by atoms with van der Waals surface area (Å²) >= 11 is 0. The monoisotopic (exact) mass is 364 g/mol. The minimum Gasteiger partial charge on any atom is -0.389 e. The first kappa shape index (κ1) is 18.3. The zero-order valence-corrected chi connectivity index (χ0v) is 16.0. The minimum absolute atomic E-state index is 0.163. The van der Waals surface area contributed by atoms with Crippen molar-refractivity contribution in [3.8, 4) is 0 Å². The third-order valence-corrected chi connectivity index (χ3v) is 7.97. The summed E-state index contributed by atoms with van der Waals surface area (Å²) in [5.74, 6) is -3.23. The summed E-state index contributed by atoms with van der Waals surface area (Å²) in [5.41, 5.74) is -6.25. The van der Waals surface area contributed by atoms with Gasteiger partial charge in [0, 0.05) is 6.42 Å². The van der Waals surface area contributed by atoms with Gasteiger partial charge in [0.1, 0.15) is 11.0 Å². The third kappa shape index (κ3) is 1.49. The van der Waals surface area contributed by atoms with Crippen molar-refractivity contribution in [2.45, 2.75) is 77.0 Å². The van der Waals surface area contributed by atoms with Crippen molar-refractivity contribution in [2.75, 3.05) is 0 Å². The highest BCUT2D eigenvalue weighted by Gasteiger charge is 2.87. The molecule has 4 aliphatic rings. The van der Waals surface area contributed by atoms with Crippen LogP contribution in [-0.2, 0) is 14.3 Å². The Morgan fingerprint density at radius 3 is 2.42 bits per heavy atom. The Morgan fingerprint density at radius 2 is 1.85 bits per heavy atom. The quantitative estimate of drug-likeness (QED) is 0.644. The van der Waals surface area contributed by atoms with E-state index in [2.05, 4.69) is 0 Å². The maximum absolute atomic E-state index is 13.8. The van der Waals surface area contributed by atoms with E-state index in [1.807, 2.05) is 13.8 Å². The summed E-state index contributed by atoms with van der Waals surface area (Å²) in [4.78, 5) is 27.1. The number of carbonyl (C=O) groups is 2. The van der Waals surface area contributed by atoms with Gasteiger partial charge < -0.3 is 20.1 Å². The SMILES string of the molecule is CC(C)C1=CC(=O)[C@]2(C)C[C@]3(O)O[C@]4(C(=O)[C@]13C)[C@H](O)[C@@H](C)CC[C@]24O. The maximum atomic E-state index is 13.8. The fraction of sp³-hybridized carbons (Fsp3) is 0.800. The predicted molar refractivity (Wildman–Crippen MR) is 91.9 cm³/mol. The van der Waals surface area contributed by atoms with Gasteiger partial charge in [-0.3, -0.25) is 9.59 Å². The zero-order valence-electron chi connectivity index (χ0n) is 16.0. The lowest BCUT2D eigenvalue weighted by atomic mass is 9.51. The van der Waals surface area contributed by atoms with Crippen LogP contribution in [0.1, 0.15) is 53.9 Å². The zero-order chi connectivity index (χ0) is 19.5. The lowest BCUT2D eigenvalue weighted by molar-refractivity contribution is -0.375. The van der Waals surface area contributed by atoms with Crippen molar-refractivity contribution in [2.24, 2.45) is 22.7 Å². The molecule has 2 saturated heterocycles. The van der Waals surface area contributed by atoms with Crippen LogP contribution in [0.3, 0.4) is 0 Å². The average Bonchev–Trinajstić information content (AvgIpc) is 2.67. The van der Waals surface area contributed by atoms with Gasteiger partial charge in [-0.05, 0) is 50.2 Å². The fourth-order valence-corrected chi connectivity index (χ4v) is 6.22. The molecule has 0 radical (unpaired) electrons. The van der Waals surface area contributed by atoms with E-state index in [1.54, 1.807) is 20.8 Å². The summed E-state index contributed by atoms with van der Waals surface area (Å²) in [6.45, 7) is 8.70. The minimum atomic E-state index is -1.99.